The molecule has 4 rings (SSSR count). The number of carbonyl (C=O) groups excluding carboxylic acids is 2. The minimum absolute atomic E-state index is 0.0282. The quantitative estimate of drug-likeness (QED) is 0.290. The van der Waals surface area contributed by atoms with Gasteiger partial charge in [-0.2, -0.15) is 0 Å². The molecule has 1 fully saturated rings. The normalized spacial score (nSPS) is 14.9. The second-order valence-electron chi connectivity index (χ2n) is 6.67. The number of hydrogen-bond donors (Lipinski definition) is 0. The maximum absolute atomic E-state index is 12.7. The summed E-state index contributed by atoms with van der Waals surface area (Å²) in [6, 6.07) is 14.8. The number of hydrogen-bond acceptors (Lipinski definition) is 8. The molecule has 0 radical (unpaired) electrons. The zero-order valence-corrected chi connectivity index (χ0v) is 17.0. The van der Waals surface area contributed by atoms with Crippen LogP contribution in [0.25, 0.3) is 17.4 Å². The van der Waals surface area contributed by atoms with Gasteiger partial charge in [0.1, 0.15) is 11.5 Å². The van der Waals surface area contributed by atoms with E-state index in [1.807, 2.05) is 0 Å². The van der Waals surface area contributed by atoms with Gasteiger partial charge in [0.2, 0.25) is 0 Å². The third-order valence-electron chi connectivity index (χ3n) is 4.63. The van der Waals surface area contributed by atoms with Crippen molar-refractivity contribution in [1.29, 1.82) is 0 Å². The van der Waals surface area contributed by atoms with Gasteiger partial charge in [0.25, 0.3) is 22.5 Å². The lowest BCUT2D eigenvalue weighted by Crippen LogP contribution is -2.27. The summed E-state index contributed by atoms with van der Waals surface area (Å²) < 4.78 is 5.66. The van der Waals surface area contributed by atoms with Crippen molar-refractivity contribution >= 4 is 40.4 Å². The molecule has 2 amide bonds. The van der Waals surface area contributed by atoms with E-state index in [-0.39, 0.29) is 34.3 Å². The van der Waals surface area contributed by atoms with Crippen molar-refractivity contribution in [3.8, 4) is 11.3 Å². The number of benzene rings is 2. The summed E-state index contributed by atoms with van der Waals surface area (Å²) in [6.07, 6.45) is 1.40. The van der Waals surface area contributed by atoms with Crippen LogP contribution in [0.5, 0.6) is 0 Å². The van der Waals surface area contributed by atoms with E-state index in [9.17, 15) is 29.8 Å². The Balaban J connectivity index is 1.54. The molecule has 0 saturated carbocycles. The standard InChI is InChI=1S/C21H13N3O7S/c25-20-19(32-21(26)22(20)12-13-5-7-14(8-6-13)23(27)28)11-15-9-10-18(31-15)16-3-1-2-4-17(16)24(29)30/h1-11H,12H2/b19-11-. The van der Waals surface area contributed by atoms with Crippen molar-refractivity contribution in [1.82, 2.24) is 4.90 Å². The first-order valence-corrected chi connectivity index (χ1v) is 9.97. The molecule has 0 spiro atoms. The summed E-state index contributed by atoms with van der Waals surface area (Å²) in [5.74, 6) is -0.00496. The van der Waals surface area contributed by atoms with Gasteiger partial charge in [0.15, 0.2) is 0 Å². The molecule has 1 aliphatic rings. The molecule has 1 aromatic heterocycles. The van der Waals surface area contributed by atoms with E-state index in [0.717, 1.165) is 16.7 Å². The van der Waals surface area contributed by atoms with Gasteiger partial charge in [-0.15, -0.1) is 0 Å². The van der Waals surface area contributed by atoms with Crippen molar-refractivity contribution in [2.75, 3.05) is 0 Å². The zero-order chi connectivity index (χ0) is 22.8. The number of furan rings is 1. The molecular formula is C21H13N3O7S. The predicted octanol–water partition coefficient (Wildman–Crippen LogP) is 5.00. The molecule has 3 aromatic rings. The monoisotopic (exact) mass is 451 g/mol. The molecule has 1 saturated heterocycles. The molecule has 160 valence electrons. The van der Waals surface area contributed by atoms with Gasteiger partial charge in [-0.1, -0.05) is 24.3 Å². The summed E-state index contributed by atoms with van der Waals surface area (Å²) >= 11 is 0.739. The van der Waals surface area contributed by atoms with Crippen LogP contribution < -0.4 is 0 Å². The average Bonchev–Trinajstić information content (AvgIpc) is 3.34. The largest absolute Gasteiger partial charge is 0.456 e. The van der Waals surface area contributed by atoms with Crippen LogP contribution in [-0.2, 0) is 11.3 Å². The van der Waals surface area contributed by atoms with Gasteiger partial charge in [-0.3, -0.25) is 34.7 Å². The van der Waals surface area contributed by atoms with Gasteiger partial charge in [0, 0.05) is 24.3 Å². The Morgan fingerprint density at radius 1 is 0.938 bits per heavy atom. The number of nitrogens with zero attached hydrogens (tertiary/aromatic N) is 3. The molecule has 32 heavy (non-hydrogen) atoms. The Morgan fingerprint density at radius 2 is 1.66 bits per heavy atom. The molecule has 2 heterocycles. The molecule has 0 atom stereocenters. The van der Waals surface area contributed by atoms with Gasteiger partial charge in [0.05, 0.1) is 26.9 Å². The zero-order valence-electron chi connectivity index (χ0n) is 16.2. The highest BCUT2D eigenvalue weighted by Gasteiger charge is 2.35. The van der Waals surface area contributed by atoms with E-state index >= 15 is 0 Å². The van der Waals surface area contributed by atoms with Crippen LogP contribution in [0.4, 0.5) is 16.2 Å². The lowest BCUT2D eigenvalue weighted by Gasteiger charge is -2.12. The molecule has 0 unspecified atom stereocenters. The minimum Gasteiger partial charge on any atom is -0.456 e. The molecule has 10 nitrogen and oxygen atoms in total. The minimum atomic E-state index is -0.533. The fraction of sp³-hybridized carbons (Fsp3) is 0.0476. The molecule has 0 bridgehead atoms. The van der Waals surface area contributed by atoms with E-state index in [4.69, 9.17) is 4.42 Å². The number of nitro groups is 2. The highest BCUT2D eigenvalue weighted by Crippen LogP contribution is 2.35. The van der Waals surface area contributed by atoms with E-state index in [1.165, 1.54) is 36.4 Å². The van der Waals surface area contributed by atoms with Crippen LogP contribution in [0.1, 0.15) is 11.3 Å². The molecule has 11 heteroatoms. The Hall–Kier alpha value is -4.25. The summed E-state index contributed by atoms with van der Waals surface area (Å²) in [5, 5.41) is 21.5. The van der Waals surface area contributed by atoms with Crippen LogP contribution in [0.2, 0.25) is 0 Å². The van der Waals surface area contributed by atoms with E-state index in [2.05, 4.69) is 0 Å². The number of imide groups is 1. The van der Waals surface area contributed by atoms with Crippen molar-refractivity contribution in [3.05, 3.63) is 97.1 Å². The van der Waals surface area contributed by atoms with Crippen LogP contribution >= 0.6 is 11.8 Å². The fourth-order valence-electron chi connectivity index (χ4n) is 3.09. The molecular weight excluding hydrogens is 438 g/mol. The average molecular weight is 451 g/mol. The summed E-state index contributed by atoms with van der Waals surface area (Å²) in [5.41, 5.74) is 0.658. The number of rotatable bonds is 6. The molecule has 0 aliphatic carbocycles. The molecule has 1 aliphatic heterocycles. The Labute approximate surface area is 184 Å². The van der Waals surface area contributed by atoms with Crippen LogP contribution in [0, 0.1) is 20.2 Å². The lowest BCUT2D eigenvalue weighted by atomic mass is 10.1. The second-order valence-corrected chi connectivity index (χ2v) is 7.66. The van der Waals surface area contributed by atoms with Crippen LogP contribution in [0.15, 0.2) is 70.0 Å². The highest BCUT2D eigenvalue weighted by molar-refractivity contribution is 8.18. The number of amides is 2. The van der Waals surface area contributed by atoms with Crippen LogP contribution in [0.3, 0.4) is 0 Å². The maximum Gasteiger partial charge on any atom is 0.293 e. The van der Waals surface area contributed by atoms with E-state index in [0.29, 0.717) is 11.1 Å². The third kappa shape index (κ3) is 4.14. The predicted molar refractivity (Wildman–Crippen MR) is 115 cm³/mol. The van der Waals surface area contributed by atoms with E-state index < -0.39 is 21.0 Å². The second kappa shape index (κ2) is 8.47. The van der Waals surface area contributed by atoms with Crippen molar-refractivity contribution < 1.29 is 23.9 Å². The van der Waals surface area contributed by atoms with Crippen LogP contribution in [-0.4, -0.2) is 25.9 Å². The van der Waals surface area contributed by atoms with Gasteiger partial charge < -0.3 is 4.42 Å². The smallest absolute Gasteiger partial charge is 0.293 e. The lowest BCUT2D eigenvalue weighted by molar-refractivity contribution is -0.384. The molecule has 0 N–H and O–H groups in total. The topological polar surface area (TPSA) is 137 Å². The first-order chi connectivity index (χ1) is 15.3. The van der Waals surface area contributed by atoms with Crippen molar-refractivity contribution in [2.24, 2.45) is 0 Å². The van der Waals surface area contributed by atoms with Gasteiger partial charge in [-0.25, -0.2) is 0 Å². The Bertz CT molecular complexity index is 1280. The number of para-hydroxylation sites is 1. The van der Waals surface area contributed by atoms with Crippen molar-refractivity contribution in [2.45, 2.75) is 6.54 Å². The van der Waals surface area contributed by atoms with E-state index in [1.54, 1.807) is 30.3 Å². The fourth-order valence-corrected chi connectivity index (χ4v) is 3.91. The third-order valence-corrected chi connectivity index (χ3v) is 5.54. The number of nitro benzene ring substituents is 2. The van der Waals surface area contributed by atoms with Gasteiger partial charge >= 0.3 is 0 Å². The number of carbonyl (C=O) groups is 2. The number of non-ortho nitro benzene ring substituents is 1. The summed E-state index contributed by atoms with van der Waals surface area (Å²) in [6.45, 7) is -0.0282. The first-order valence-electron chi connectivity index (χ1n) is 9.16. The number of thioether (sulfide) groups is 1. The molecule has 2 aromatic carbocycles. The highest BCUT2D eigenvalue weighted by atomic mass is 32.2. The summed E-state index contributed by atoms with van der Waals surface area (Å²) in [4.78, 5) is 47.1. The van der Waals surface area contributed by atoms with Gasteiger partial charge in [-0.05, 0) is 35.5 Å². The van der Waals surface area contributed by atoms with Crippen molar-refractivity contribution in [3.63, 3.8) is 0 Å². The Kier molecular flexibility index (Phi) is 5.56. The maximum atomic E-state index is 12.7. The summed E-state index contributed by atoms with van der Waals surface area (Å²) in [7, 11) is 0. The first kappa shape index (κ1) is 21.0. The SMILES string of the molecule is O=C1S/C(=C\c2ccc(-c3ccccc3[N+](=O)[O-])o2)C(=O)N1Cc1ccc([N+](=O)[O-])cc1. The Morgan fingerprint density at radius 3 is 2.34 bits per heavy atom.